The largest absolute Gasteiger partial charge is 0.494 e. The lowest BCUT2D eigenvalue weighted by atomic mass is 10.1. The average molecular weight is 493 g/mol. The van der Waals surface area contributed by atoms with Gasteiger partial charge in [-0.05, 0) is 49.4 Å². The second-order valence-electron chi connectivity index (χ2n) is 6.93. The van der Waals surface area contributed by atoms with Gasteiger partial charge >= 0.3 is 0 Å². The van der Waals surface area contributed by atoms with Gasteiger partial charge in [0.05, 0.1) is 12.3 Å². The summed E-state index contributed by atoms with van der Waals surface area (Å²) in [4.78, 5) is 17.3. The topological polar surface area (TPSA) is 100 Å². The van der Waals surface area contributed by atoms with E-state index < -0.39 is 0 Å². The van der Waals surface area contributed by atoms with E-state index >= 15 is 0 Å². The molecule has 2 aromatic carbocycles. The number of rotatable bonds is 6. The summed E-state index contributed by atoms with van der Waals surface area (Å²) in [7, 11) is 0. The Kier molecular flexibility index (Phi) is 5.28. The van der Waals surface area contributed by atoms with Crippen LogP contribution in [0.15, 0.2) is 74.7 Å². The lowest BCUT2D eigenvalue weighted by molar-refractivity contribution is 0.340. The maximum Gasteiger partial charge on any atom is 0.293 e. The minimum Gasteiger partial charge on any atom is -0.494 e. The molecular weight excluding hydrogens is 476 g/mol. The van der Waals surface area contributed by atoms with E-state index in [9.17, 15) is 4.79 Å². The van der Waals surface area contributed by atoms with Crippen LogP contribution in [0.1, 0.15) is 12.8 Å². The molecule has 0 aliphatic rings. The molecule has 0 aliphatic heterocycles. The summed E-state index contributed by atoms with van der Waals surface area (Å²) in [5.74, 6) is 1.51. The number of benzene rings is 2. The van der Waals surface area contributed by atoms with Gasteiger partial charge in [-0.1, -0.05) is 33.2 Å². The average Bonchev–Trinajstić information content (AvgIpc) is 3.44. The van der Waals surface area contributed by atoms with Crippen molar-refractivity contribution < 1.29 is 9.26 Å². The predicted octanol–water partition coefficient (Wildman–Crippen LogP) is 3.82. The summed E-state index contributed by atoms with van der Waals surface area (Å²) in [5, 5.41) is 12.7. The maximum absolute atomic E-state index is 13.0. The fraction of sp³-hybridized carbons (Fsp3) is 0.136. The molecule has 0 saturated heterocycles. The molecule has 0 fully saturated rings. The number of ether oxygens (including phenoxy) is 1. The zero-order valence-corrected chi connectivity index (χ0v) is 18.6. The maximum atomic E-state index is 13.0. The molecule has 0 amide bonds. The first-order valence-electron chi connectivity index (χ1n) is 9.88. The fourth-order valence-corrected chi connectivity index (χ4v) is 3.67. The van der Waals surface area contributed by atoms with Crippen molar-refractivity contribution in [1.82, 2.24) is 29.5 Å². The molecule has 0 unspecified atom stereocenters. The van der Waals surface area contributed by atoms with E-state index in [1.54, 1.807) is 6.07 Å². The van der Waals surface area contributed by atoms with E-state index in [1.807, 2.05) is 55.5 Å². The normalized spacial score (nSPS) is 11.2. The molecule has 160 valence electrons. The van der Waals surface area contributed by atoms with E-state index in [0.717, 1.165) is 21.3 Å². The minimum absolute atomic E-state index is 0.0555. The third-order valence-electron chi connectivity index (χ3n) is 4.79. The Balaban J connectivity index is 1.42. The zero-order valence-electron chi connectivity index (χ0n) is 17.0. The van der Waals surface area contributed by atoms with Crippen molar-refractivity contribution in [3.63, 3.8) is 0 Å². The number of hydrogen-bond donors (Lipinski definition) is 0. The van der Waals surface area contributed by atoms with Crippen molar-refractivity contribution >= 4 is 21.4 Å². The van der Waals surface area contributed by atoms with E-state index in [-0.39, 0.29) is 18.0 Å². The van der Waals surface area contributed by atoms with E-state index in [4.69, 9.17) is 9.26 Å². The second-order valence-corrected chi connectivity index (χ2v) is 7.85. The van der Waals surface area contributed by atoms with Gasteiger partial charge in [0.15, 0.2) is 0 Å². The molecule has 0 N–H and O–H groups in total. The molecular formula is C22H17BrN6O3. The molecule has 3 heterocycles. The summed E-state index contributed by atoms with van der Waals surface area (Å²) in [6.07, 6.45) is 1.49. The summed E-state index contributed by atoms with van der Waals surface area (Å²) in [6, 6.07) is 16.9. The van der Waals surface area contributed by atoms with Gasteiger partial charge in [-0.3, -0.25) is 4.79 Å². The molecule has 9 nitrogen and oxygen atoms in total. The summed E-state index contributed by atoms with van der Waals surface area (Å²) < 4.78 is 14.4. The van der Waals surface area contributed by atoms with Crippen LogP contribution in [0.25, 0.3) is 28.2 Å². The first-order valence-corrected chi connectivity index (χ1v) is 10.7. The quantitative estimate of drug-likeness (QED) is 0.355. The number of halogens is 1. The van der Waals surface area contributed by atoms with E-state index in [2.05, 4.69) is 36.3 Å². The van der Waals surface area contributed by atoms with Gasteiger partial charge < -0.3 is 9.26 Å². The lowest BCUT2D eigenvalue weighted by Crippen LogP contribution is -2.25. The van der Waals surface area contributed by atoms with Gasteiger partial charge in [-0.2, -0.15) is 15.2 Å². The third kappa shape index (κ3) is 3.92. The number of aromatic nitrogens is 6. The molecule has 0 radical (unpaired) electrons. The van der Waals surface area contributed by atoms with Crippen LogP contribution in [0, 0.1) is 0 Å². The lowest BCUT2D eigenvalue weighted by Gasteiger charge is -2.02. The SMILES string of the molecule is CCOc1ccc(-c2cc3c(=O)n(Cc4nc(-c5cccc(Br)c5)no4)ncn3n2)cc1. The Hall–Kier alpha value is -3.79. The number of hydrogen-bond acceptors (Lipinski definition) is 7. The van der Waals surface area contributed by atoms with Crippen LogP contribution in [-0.4, -0.2) is 36.1 Å². The smallest absolute Gasteiger partial charge is 0.293 e. The summed E-state index contributed by atoms with van der Waals surface area (Å²) >= 11 is 3.43. The Morgan fingerprint density at radius 2 is 1.94 bits per heavy atom. The highest BCUT2D eigenvalue weighted by Crippen LogP contribution is 2.22. The Bertz CT molecular complexity index is 1450. The number of nitrogens with zero attached hydrogens (tertiary/aromatic N) is 6. The molecule has 5 rings (SSSR count). The zero-order chi connectivity index (χ0) is 22.1. The molecule has 0 atom stereocenters. The molecule has 3 aromatic heterocycles. The molecule has 32 heavy (non-hydrogen) atoms. The van der Waals surface area contributed by atoms with Crippen LogP contribution < -0.4 is 10.3 Å². The van der Waals surface area contributed by atoms with Gasteiger partial charge in [-0.25, -0.2) is 9.20 Å². The van der Waals surface area contributed by atoms with Gasteiger partial charge in [0, 0.05) is 15.6 Å². The Labute approximate surface area is 190 Å². The van der Waals surface area contributed by atoms with Crippen LogP contribution in [0.2, 0.25) is 0 Å². The minimum atomic E-state index is -0.306. The highest BCUT2D eigenvalue weighted by atomic mass is 79.9. The molecule has 0 aliphatic carbocycles. The Morgan fingerprint density at radius 3 is 2.72 bits per heavy atom. The van der Waals surface area contributed by atoms with Crippen molar-refractivity contribution in [3.05, 3.63) is 81.6 Å². The van der Waals surface area contributed by atoms with Crippen molar-refractivity contribution in [3.8, 4) is 28.4 Å². The molecule has 0 spiro atoms. The van der Waals surface area contributed by atoms with Crippen LogP contribution in [-0.2, 0) is 6.54 Å². The first-order chi connectivity index (χ1) is 15.6. The van der Waals surface area contributed by atoms with Crippen LogP contribution in [0.3, 0.4) is 0 Å². The van der Waals surface area contributed by atoms with E-state index in [0.29, 0.717) is 23.6 Å². The number of fused-ring (bicyclic) bond motifs is 1. The summed E-state index contributed by atoms with van der Waals surface area (Å²) in [5.41, 5.74) is 2.44. The van der Waals surface area contributed by atoms with Crippen molar-refractivity contribution in [2.24, 2.45) is 0 Å². The van der Waals surface area contributed by atoms with Crippen molar-refractivity contribution in [2.45, 2.75) is 13.5 Å². The van der Waals surface area contributed by atoms with Gasteiger partial charge in [0.1, 0.15) is 24.1 Å². The predicted molar refractivity (Wildman–Crippen MR) is 120 cm³/mol. The van der Waals surface area contributed by atoms with Crippen LogP contribution in [0.4, 0.5) is 0 Å². The highest BCUT2D eigenvalue weighted by Gasteiger charge is 2.14. The van der Waals surface area contributed by atoms with Gasteiger partial charge in [-0.15, -0.1) is 0 Å². The molecule has 0 saturated carbocycles. The van der Waals surface area contributed by atoms with Crippen molar-refractivity contribution in [1.29, 1.82) is 0 Å². The van der Waals surface area contributed by atoms with Crippen molar-refractivity contribution in [2.75, 3.05) is 6.61 Å². The third-order valence-corrected chi connectivity index (χ3v) is 5.28. The van der Waals surface area contributed by atoms with Gasteiger partial charge in [0.2, 0.25) is 11.7 Å². The monoisotopic (exact) mass is 492 g/mol. The fourth-order valence-electron chi connectivity index (χ4n) is 3.27. The first kappa shape index (κ1) is 20.1. The van der Waals surface area contributed by atoms with Crippen LogP contribution >= 0.6 is 15.9 Å². The standard InChI is InChI=1S/C22H17BrN6O3/c1-2-31-17-8-6-14(7-9-17)18-11-19-22(30)28(24-13-29(19)26-18)12-20-25-21(27-32-20)15-4-3-5-16(23)10-15/h3-11,13H,2,12H2,1H3. The summed E-state index contributed by atoms with van der Waals surface area (Å²) in [6.45, 7) is 2.59. The van der Waals surface area contributed by atoms with E-state index in [1.165, 1.54) is 15.5 Å². The molecule has 5 aromatic rings. The molecule has 10 heteroatoms. The molecule has 0 bridgehead atoms. The van der Waals surface area contributed by atoms with Crippen LogP contribution in [0.5, 0.6) is 5.75 Å². The Morgan fingerprint density at radius 1 is 1.09 bits per heavy atom. The van der Waals surface area contributed by atoms with Gasteiger partial charge in [0.25, 0.3) is 5.56 Å². The highest BCUT2D eigenvalue weighted by molar-refractivity contribution is 9.10. The second kappa shape index (κ2) is 8.39.